The van der Waals surface area contributed by atoms with Crippen molar-refractivity contribution in [2.45, 2.75) is 185 Å². The van der Waals surface area contributed by atoms with Crippen molar-refractivity contribution < 1.29 is 0 Å². The Labute approximate surface area is 793 Å². The van der Waals surface area contributed by atoms with Gasteiger partial charge in [-0.2, -0.15) is 0 Å². The van der Waals surface area contributed by atoms with Crippen LogP contribution in [0, 0.1) is 48.5 Å². The van der Waals surface area contributed by atoms with Crippen molar-refractivity contribution in [3.8, 4) is 22.3 Å². The number of fused-ring (bicyclic) bond motifs is 5. The van der Waals surface area contributed by atoms with Gasteiger partial charge >= 0.3 is 0 Å². The van der Waals surface area contributed by atoms with Gasteiger partial charge in [0.05, 0.1) is 128 Å². The second-order valence-electron chi connectivity index (χ2n) is 36.7. The van der Waals surface area contributed by atoms with Crippen molar-refractivity contribution in [1.82, 2.24) is 24.9 Å². The summed E-state index contributed by atoms with van der Waals surface area (Å²) >= 11 is 0. The van der Waals surface area contributed by atoms with Crippen molar-refractivity contribution in [3.05, 3.63) is 409 Å². The standard InChI is InChI=1S/C32H27N3.C26H31N3.C22H23N3.C20H19N3.C19H23N3/c1-23-20-21-33-22-31(23)34-24(2)35(30-19-10-9-18-29(30)34)32-27(25-12-5-3-6-13-25)16-11-17-28(32)26-14-7-4-8-15-26;1-17(2)21-10-9-11-22(18(3)4)26(21)29-20(6)28(23-12-7-8-13-24(23)29)25-16-27-15-14-19(25)5;1-15-12-13-23-14-21(15)24-18(4)25(20-11-6-5-10-19(20)24)22-16(2)8-7-9-17(22)3;1-15-12-13-21-14-20(15)23-16(2)22(17-8-4-3-5-9-17)18-10-6-7-11-19(18)23;1-14-11-12-20-13-19(14)22-15(2)21(16-7-3-4-8-16)17-9-5-6-10-18(17)22/h3-22,24H,1-2H3;7-18,20H,1-6H3;5-14,18H,1-4H3;3-14,16H,1-2H3;5-6,9-13,15-16H,3-4,7-8H2,1-2H3/t24-;20-;18-;16-;15-/m00011/s1. The van der Waals surface area contributed by atoms with E-state index >= 15 is 0 Å². The molecule has 15 nitrogen and oxygen atoms in total. The summed E-state index contributed by atoms with van der Waals surface area (Å²) in [6, 6.07) is 106. The molecule has 10 heterocycles. The van der Waals surface area contributed by atoms with Crippen LogP contribution in [-0.4, -0.2) is 61.8 Å². The molecule has 1 fully saturated rings. The zero-order chi connectivity index (χ0) is 93.0. The predicted octanol–water partition coefficient (Wildman–Crippen LogP) is 30.9. The maximum atomic E-state index is 4.47. The molecule has 0 saturated heterocycles. The Morgan fingerprint density at radius 1 is 0.224 bits per heavy atom. The molecule has 1 saturated carbocycles. The molecule has 0 unspecified atom stereocenters. The Morgan fingerprint density at radius 3 is 0.821 bits per heavy atom. The van der Waals surface area contributed by atoms with Crippen LogP contribution in [0.1, 0.15) is 150 Å². The van der Waals surface area contributed by atoms with Gasteiger partial charge in [0.25, 0.3) is 0 Å². The first-order valence-corrected chi connectivity index (χ1v) is 47.7. The zero-order valence-electron chi connectivity index (χ0n) is 80.2. The van der Waals surface area contributed by atoms with Gasteiger partial charge in [-0.25, -0.2) is 0 Å². The van der Waals surface area contributed by atoms with E-state index in [1.54, 1.807) is 0 Å². The average molecular weight is 1760 g/mol. The number of pyridine rings is 5. The van der Waals surface area contributed by atoms with E-state index in [-0.39, 0.29) is 24.7 Å². The van der Waals surface area contributed by atoms with Crippen LogP contribution in [0.25, 0.3) is 22.3 Å². The number of aromatic nitrogens is 5. The molecule has 0 bridgehead atoms. The minimum absolute atomic E-state index is 0.0580. The Bertz CT molecular complexity index is 6690. The fourth-order valence-electron chi connectivity index (χ4n) is 21.2. The molecule has 5 aliphatic heterocycles. The predicted molar refractivity (Wildman–Crippen MR) is 563 cm³/mol. The summed E-state index contributed by atoms with van der Waals surface area (Å²) in [4.78, 5) is 46.5. The zero-order valence-corrected chi connectivity index (χ0v) is 80.2. The number of aryl methyl sites for hydroxylation is 7. The van der Waals surface area contributed by atoms with E-state index in [0.717, 1.165) is 17.1 Å². The molecule has 1 aliphatic carbocycles. The van der Waals surface area contributed by atoms with E-state index < -0.39 is 0 Å². The summed E-state index contributed by atoms with van der Waals surface area (Å²) in [5.74, 6) is 0.912. The van der Waals surface area contributed by atoms with Crippen LogP contribution in [0.5, 0.6) is 0 Å². The number of para-hydroxylation sites is 14. The van der Waals surface area contributed by atoms with Gasteiger partial charge in [-0.15, -0.1) is 0 Å². The number of rotatable bonds is 14. The maximum Gasteiger partial charge on any atom is 0.108 e. The molecule has 5 atom stereocenters. The summed E-state index contributed by atoms with van der Waals surface area (Å²) < 4.78 is 0. The number of anilines is 19. The summed E-state index contributed by atoms with van der Waals surface area (Å²) in [7, 11) is 0. The smallest absolute Gasteiger partial charge is 0.108 e. The van der Waals surface area contributed by atoms with Crippen LogP contribution in [-0.2, 0) is 0 Å². The summed E-state index contributed by atoms with van der Waals surface area (Å²) in [5, 5.41) is 0. The van der Waals surface area contributed by atoms with Gasteiger partial charge in [-0.1, -0.05) is 235 Å². The van der Waals surface area contributed by atoms with Crippen LogP contribution in [0.2, 0.25) is 0 Å². The molecule has 674 valence electrons. The lowest BCUT2D eigenvalue weighted by atomic mass is 9.91. The van der Waals surface area contributed by atoms with Crippen molar-refractivity contribution >= 4 is 108 Å². The highest BCUT2D eigenvalue weighted by molar-refractivity contribution is 6.00. The van der Waals surface area contributed by atoms with Crippen molar-refractivity contribution in [3.63, 3.8) is 0 Å². The number of hydrogen-bond acceptors (Lipinski definition) is 15. The lowest BCUT2D eigenvalue weighted by molar-refractivity contribution is 0.554. The first-order valence-electron chi connectivity index (χ1n) is 47.7. The van der Waals surface area contributed by atoms with Gasteiger partial charge in [-0.3, -0.25) is 24.9 Å². The fraction of sp³-hybridized carbons (Fsp3) is 0.235. The van der Waals surface area contributed by atoms with Crippen molar-refractivity contribution in [2.24, 2.45) is 0 Å². The number of hydrogen-bond donors (Lipinski definition) is 0. The Hall–Kier alpha value is -14.8. The fourth-order valence-corrected chi connectivity index (χ4v) is 21.2. The second-order valence-corrected chi connectivity index (χ2v) is 36.7. The topological polar surface area (TPSA) is 96.8 Å². The van der Waals surface area contributed by atoms with Gasteiger partial charge in [0, 0.05) is 59.5 Å². The van der Waals surface area contributed by atoms with Gasteiger partial charge in [0.1, 0.15) is 30.8 Å². The molecule has 0 N–H and O–H groups in total. The SMILES string of the molecule is Cc1ccncc1N1c2ccccc2N(C2CCCC2)[C@H]1C.Cc1ccncc1N1c2ccccc2N(c2c(-c3ccccc3)cccc2-c2ccccc2)[C@H]1C.Cc1ccncc1N1c2ccccc2N(c2c(C(C)C)cccc2C(C)C)[C@H]1C.Cc1ccncc1N1c2ccccc2N(c2c(C)cccc2C)[C@H]1C.Cc1ccncc1N1c2ccccc2N(c2ccccc2)[C@H]1C. The molecule has 22 rings (SSSR count). The van der Waals surface area contributed by atoms with Gasteiger partial charge in [0.2, 0.25) is 0 Å². The Kier molecular flexibility index (Phi) is 26.3. The number of nitrogens with zero attached hydrogens (tertiary/aromatic N) is 15. The van der Waals surface area contributed by atoms with Crippen molar-refractivity contribution in [2.75, 3.05) is 49.0 Å². The minimum Gasteiger partial charge on any atom is -0.346 e. The summed E-state index contributed by atoms with van der Waals surface area (Å²) in [6.45, 7) is 35.7. The maximum absolute atomic E-state index is 4.47. The molecule has 134 heavy (non-hydrogen) atoms. The van der Waals surface area contributed by atoms with Crippen LogP contribution < -0.4 is 49.0 Å². The molecular formula is C119H123N15. The molecule has 11 aromatic carbocycles. The monoisotopic (exact) mass is 1760 g/mol. The largest absolute Gasteiger partial charge is 0.346 e. The first-order chi connectivity index (χ1) is 65.3. The van der Waals surface area contributed by atoms with Crippen LogP contribution in [0.15, 0.2) is 359 Å². The molecule has 6 aliphatic rings. The quantitative estimate of drug-likeness (QED) is 0.103. The Morgan fingerprint density at radius 2 is 0.485 bits per heavy atom. The van der Waals surface area contributed by atoms with Crippen LogP contribution in [0.4, 0.5) is 108 Å². The lowest BCUT2D eigenvalue weighted by Crippen LogP contribution is -2.44. The second kappa shape index (κ2) is 39.3. The van der Waals surface area contributed by atoms with Gasteiger partial charge < -0.3 is 49.0 Å². The molecule has 15 heteroatoms. The van der Waals surface area contributed by atoms with Gasteiger partial charge in [-0.05, 0) is 272 Å². The first kappa shape index (κ1) is 89.7. The van der Waals surface area contributed by atoms with E-state index in [1.165, 1.54) is 189 Å². The third-order valence-electron chi connectivity index (χ3n) is 27.6. The molecule has 16 aromatic rings. The molecule has 0 radical (unpaired) electrons. The van der Waals surface area contributed by atoms with E-state index in [1.807, 2.05) is 62.0 Å². The third kappa shape index (κ3) is 17.1. The minimum atomic E-state index is 0.0580. The van der Waals surface area contributed by atoms with Gasteiger partial charge in [0.15, 0.2) is 0 Å². The molecular weight excluding hydrogens is 1640 g/mol. The highest BCUT2D eigenvalue weighted by Crippen LogP contribution is 2.57. The van der Waals surface area contributed by atoms with E-state index in [9.17, 15) is 0 Å². The van der Waals surface area contributed by atoms with Crippen molar-refractivity contribution in [1.29, 1.82) is 0 Å². The summed E-state index contributed by atoms with van der Waals surface area (Å²) in [5.41, 5.74) is 39.9. The van der Waals surface area contributed by atoms with E-state index in [4.69, 9.17) is 0 Å². The third-order valence-corrected chi connectivity index (χ3v) is 27.6. The molecule has 0 amide bonds. The number of benzene rings is 11. The van der Waals surface area contributed by atoms with E-state index in [0.29, 0.717) is 24.0 Å². The highest BCUT2D eigenvalue weighted by atomic mass is 15.5. The molecule has 5 aromatic heterocycles. The summed E-state index contributed by atoms with van der Waals surface area (Å²) in [6.07, 6.45) is 25.5. The molecule has 0 spiro atoms. The Balaban J connectivity index is 0.000000113. The van der Waals surface area contributed by atoms with E-state index in [2.05, 4.69) is 482 Å². The normalized spacial score (nSPS) is 16.7. The lowest BCUT2D eigenvalue weighted by Gasteiger charge is -2.34. The average Bonchev–Trinajstić information content (AvgIpc) is 1.51. The highest BCUT2D eigenvalue weighted by Gasteiger charge is 2.44. The van der Waals surface area contributed by atoms with Crippen LogP contribution >= 0.6 is 0 Å². The van der Waals surface area contributed by atoms with Crippen LogP contribution in [0.3, 0.4) is 0 Å².